The van der Waals surface area contributed by atoms with Gasteiger partial charge < -0.3 is 10.2 Å². The van der Waals surface area contributed by atoms with Gasteiger partial charge in [-0.25, -0.2) is 4.98 Å². The summed E-state index contributed by atoms with van der Waals surface area (Å²) in [5, 5.41) is 3.75. The molecule has 1 N–H and O–H groups in total. The number of nitrogens with one attached hydrogen (secondary N) is 1. The summed E-state index contributed by atoms with van der Waals surface area (Å²) >= 11 is 0.884. The van der Waals surface area contributed by atoms with Gasteiger partial charge in [0.15, 0.2) is 10.8 Å². The van der Waals surface area contributed by atoms with Gasteiger partial charge in [-0.2, -0.15) is 13.2 Å². The van der Waals surface area contributed by atoms with Gasteiger partial charge in [-0.15, -0.1) is 11.3 Å². The Kier molecular flexibility index (Phi) is 4.94. The molecule has 0 aliphatic heterocycles. The molecule has 0 saturated heterocycles. The largest absolute Gasteiger partial charge is 0.434 e. The van der Waals surface area contributed by atoms with E-state index in [2.05, 4.69) is 10.3 Å². The van der Waals surface area contributed by atoms with Crippen molar-refractivity contribution >= 4 is 22.4 Å². The lowest BCUT2D eigenvalue weighted by Gasteiger charge is -2.18. The lowest BCUT2D eigenvalue weighted by atomic mass is 10.4. The second kappa shape index (κ2) is 6.03. The summed E-state index contributed by atoms with van der Waals surface area (Å²) < 4.78 is 37.2. The number of rotatable bonds is 5. The molecule has 0 bridgehead atoms. The molecule has 0 spiro atoms. The van der Waals surface area contributed by atoms with Gasteiger partial charge in [-0.3, -0.25) is 4.79 Å². The second-order valence-electron chi connectivity index (χ2n) is 3.48. The Bertz CT molecular complexity index is 405. The third kappa shape index (κ3) is 3.86. The number of carbonyl (C=O) groups excluding carboxylic acids is 1. The molecule has 1 rings (SSSR count). The minimum Gasteiger partial charge on any atom is -0.355 e. The highest BCUT2D eigenvalue weighted by Gasteiger charge is 2.34. The zero-order valence-corrected chi connectivity index (χ0v) is 10.9. The van der Waals surface area contributed by atoms with Gasteiger partial charge in [0.25, 0.3) is 0 Å². The van der Waals surface area contributed by atoms with E-state index in [9.17, 15) is 18.0 Å². The van der Waals surface area contributed by atoms with E-state index in [1.165, 1.54) is 4.90 Å². The van der Waals surface area contributed by atoms with Crippen molar-refractivity contribution in [2.45, 2.75) is 20.0 Å². The van der Waals surface area contributed by atoms with Crippen LogP contribution in [0.15, 0.2) is 5.38 Å². The minimum absolute atomic E-state index is 0.00908. The zero-order chi connectivity index (χ0) is 13.8. The normalized spacial score (nSPS) is 11.4. The standard InChI is InChI=1S/C10H14F3N3OS/c1-3-14-8(17)5-16(4-2)9-15-7(6-18-9)10(11,12)13/h6H,3-5H2,1-2H3,(H,14,17). The predicted octanol–water partition coefficient (Wildman–Crippen LogP) is 2.12. The van der Waals surface area contributed by atoms with E-state index in [1.807, 2.05) is 0 Å². The van der Waals surface area contributed by atoms with Crippen LogP contribution < -0.4 is 10.2 Å². The molecule has 102 valence electrons. The summed E-state index contributed by atoms with van der Waals surface area (Å²) in [7, 11) is 0. The molecule has 0 aliphatic rings. The Morgan fingerprint density at radius 3 is 2.61 bits per heavy atom. The fourth-order valence-electron chi connectivity index (χ4n) is 1.28. The van der Waals surface area contributed by atoms with Crippen molar-refractivity contribution in [2.75, 3.05) is 24.5 Å². The molecule has 1 aromatic heterocycles. The fourth-order valence-corrected chi connectivity index (χ4v) is 2.18. The summed E-state index contributed by atoms with van der Waals surface area (Å²) in [6.45, 7) is 4.45. The van der Waals surface area contributed by atoms with Crippen LogP contribution >= 0.6 is 11.3 Å². The zero-order valence-electron chi connectivity index (χ0n) is 10.0. The van der Waals surface area contributed by atoms with Gasteiger partial charge in [0.1, 0.15) is 0 Å². The summed E-state index contributed by atoms with van der Waals surface area (Å²) in [6.07, 6.45) is -4.44. The summed E-state index contributed by atoms with van der Waals surface area (Å²) in [4.78, 5) is 16.4. The number of aromatic nitrogens is 1. The van der Waals surface area contributed by atoms with Crippen LogP contribution in [0.25, 0.3) is 0 Å². The van der Waals surface area contributed by atoms with E-state index < -0.39 is 11.9 Å². The van der Waals surface area contributed by atoms with Crippen LogP contribution in [0.4, 0.5) is 18.3 Å². The van der Waals surface area contributed by atoms with Crippen molar-refractivity contribution in [3.63, 3.8) is 0 Å². The molecule has 0 saturated carbocycles. The summed E-state index contributed by atoms with van der Waals surface area (Å²) in [5.41, 5.74) is -0.920. The van der Waals surface area contributed by atoms with Gasteiger partial charge in [-0.05, 0) is 13.8 Å². The van der Waals surface area contributed by atoms with E-state index in [1.54, 1.807) is 13.8 Å². The molecule has 8 heteroatoms. The molecule has 0 radical (unpaired) electrons. The highest BCUT2D eigenvalue weighted by atomic mass is 32.1. The lowest BCUT2D eigenvalue weighted by Crippen LogP contribution is -2.37. The fraction of sp³-hybridized carbons (Fsp3) is 0.600. The maximum atomic E-state index is 12.4. The van der Waals surface area contributed by atoms with Crippen LogP contribution in [0.3, 0.4) is 0 Å². The smallest absolute Gasteiger partial charge is 0.355 e. The molecular weight excluding hydrogens is 267 g/mol. The predicted molar refractivity (Wildman–Crippen MR) is 63.7 cm³/mol. The molecule has 0 atom stereocenters. The van der Waals surface area contributed by atoms with Gasteiger partial charge in [0, 0.05) is 18.5 Å². The molecule has 0 aromatic carbocycles. The van der Waals surface area contributed by atoms with Crippen molar-refractivity contribution in [1.82, 2.24) is 10.3 Å². The van der Waals surface area contributed by atoms with Crippen molar-refractivity contribution in [3.8, 4) is 0 Å². The molecule has 0 aliphatic carbocycles. The topological polar surface area (TPSA) is 45.2 Å². The first-order valence-corrected chi connectivity index (χ1v) is 6.30. The first kappa shape index (κ1) is 14.7. The van der Waals surface area contributed by atoms with Crippen LogP contribution in [0.1, 0.15) is 19.5 Å². The number of nitrogens with zero attached hydrogens (tertiary/aromatic N) is 2. The van der Waals surface area contributed by atoms with Crippen LogP contribution in [0, 0.1) is 0 Å². The van der Waals surface area contributed by atoms with E-state index in [0.717, 1.165) is 16.7 Å². The number of alkyl halides is 3. The maximum absolute atomic E-state index is 12.4. The number of thiazole rings is 1. The number of amides is 1. The Labute approximate surface area is 107 Å². The van der Waals surface area contributed by atoms with Crippen molar-refractivity contribution in [1.29, 1.82) is 0 Å². The molecule has 0 fully saturated rings. The average Bonchev–Trinajstić information content (AvgIpc) is 2.75. The Morgan fingerprint density at radius 1 is 1.50 bits per heavy atom. The lowest BCUT2D eigenvalue weighted by molar-refractivity contribution is -0.140. The Balaban J connectivity index is 2.77. The van der Waals surface area contributed by atoms with Crippen LogP contribution in [-0.4, -0.2) is 30.5 Å². The van der Waals surface area contributed by atoms with Gasteiger partial charge in [0.2, 0.25) is 5.91 Å². The Morgan fingerprint density at radius 2 is 2.17 bits per heavy atom. The monoisotopic (exact) mass is 281 g/mol. The highest BCUT2D eigenvalue weighted by molar-refractivity contribution is 7.13. The van der Waals surface area contributed by atoms with Crippen LogP contribution in [0.2, 0.25) is 0 Å². The summed E-state index contributed by atoms with van der Waals surface area (Å²) in [5.74, 6) is -0.233. The first-order valence-electron chi connectivity index (χ1n) is 5.42. The van der Waals surface area contributed by atoms with Gasteiger partial charge >= 0.3 is 6.18 Å². The van der Waals surface area contributed by atoms with Crippen LogP contribution in [-0.2, 0) is 11.0 Å². The van der Waals surface area contributed by atoms with Gasteiger partial charge in [0.05, 0.1) is 6.54 Å². The SMILES string of the molecule is CCNC(=O)CN(CC)c1nc(C(F)(F)F)cs1. The molecule has 1 heterocycles. The quantitative estimate of drug-likeness (QED) is 0.899. The molecule has 0 unspecified atom stereocenters. The number of halogens is 3. The first-order chi connectivity index (χ1) is 8.38. The molecule has 4 nitrogen and oxygen atoms in total. The van der Waals surface area contributed by atoms with Crippen molar-refractivity contribution in [3.05, 3.63) is 11.1 Å². The van der Waals surface area contributed by atoms with Crippen LogP contribution in [0.5, 0.6) is 0 Å². The molecule has 1 aromatic rings. The van der Waals surface area contributed by atoms with E-state index in [4.69, 9.17) is 0 Å². The number of anilines is 1. The van der Waals surface area contributed by atoms with E-state index in [-0.39, 0.29) is 17.6 Å². The van der Waals surface area contributed by atoms with E-state index >= 15 is 0 Å². The number of hydrogen-bond donors (Lipinski definition) is 1. The molecule has 1 amide bonds. The number of carbonyl (C=O) groups is 1. The maximum Gasteiger partial charge on any atom is 0.434 e. The van der Waals surface area contributed by atoms with Crippen molar-refractivity contribution < 1.29 is 18.0 Å². The number of likely N-dealkylation sites (N-methyl/N-ethyl adjacent to an activating group) is 2. The van der Waals surface area contributed by atoms with E-state index in [0.29, 0.717) is 13.1 Å². The highest BCUT2D eigenvalue weighted by Crippen LogP contribution is 2.32. The van der Waals surface area contributed by atoms with Crippen molar-refractivity contribution in [2.24, 2.45) is 0 Å². The third-order valence-electron chi connectivity index (χ3n) is 2.14. The number of hydrogen-bond acceptors (Lipinski definition) is 4. The average molecular weight is 281 g/mol. The third-order valence-corrected chi connectivity index (χ3v) is 3.04. The molecular formula is C10H14F3N3OS. The minimum atomic E-state index is -4.44. The summed E-state index contributed by atoms with van der Waals surface area (Å²) in [6, 6.07) is 0. The second-order valence-corrected chi connectivity index (χ2v) is 4.32. The Hall–Kier alpha value is -1.31. The van der Waals surface area contributed by atoms with Gasteiger partial charge in [-0.1, -0.05) is 0 Å². The molecule has 18 heavy (non-hydrogen) atoms.